The van der Waals surface area contributed by atoms with E-state index in [1.165, 1.54) is 0 Å². The van der Waals surface area contributed by atoms with Gasteiger partial charge in [-0.15, -0.1) is 0 Å². The van der Waals surface area contributed by atoms with Crippen LogP contribution in [0, 0.1) is 20.8 Å². The van der Waals surface area contributed by atoms with Crippen molar-refractivity contribution in [3.63, 3.8) is 0 Å². The van der Waals surface area contributed by atoms with Crippen molar-refractivity contribution in [1.29, 1.82) is 0 Å². The highest BCUT2D eigenvalue weighted by atomic mass is 16.5. The predicted molar refractivity (Wildman–Crippen MR) is 87.7 cm³/mol. The van der Waals surface area contributed by atoms with Crippen LogP contribution in [0.3, 0.4) is 0 Å². The summed E-state index contributed by atoms with van der Waals surface area (Å²) in [5, 5.41) is 2.82. The maximum Gasteiger partial charge on any atom is 0.342 e. The van der Waals surface area contributed by atoms with E-state index in [0.717, 1.165) is 23.2 Å². The summed E-state index contributed by atoms with van der Waals surface area (Å²) in [7, 11) is 0. The summed E-state index contributed by atoms with van der Waals surface area (Å²) < 4.78 is 10.3. The third-order valence-corrected chi connectivity index (χ3v) is 3.60. The zero-order valence-electron chi connectivity index (χ0n) is 13.9. The monoisotopic (exact) mass is 315 g/mol. The molecule has 0 aliphatic carbocycles. The van der Waals surface area contributed by atoms with Crippen LogP contribution in [-0.4, -0.2) is 18.5 Å². The fourth-order valence-electron chi connectivity index (χ4n) is 2.42. The second-order valence-corrected chi connectivity index (χ2v) is 5.41. The minimum Gasteiger partial charge on any atom is -0.466 e. The van der Waals surface area contributed by atoms with Gasteiger partial charge in [-0.1, -0.05) is 25.1 Å². The lowest BCUT2D eigenvalue weighted by Gasteiger charge is -2.13. The van der Waals surface area contributed by atoms with E-state index in [9.17, 15) is 9.59 Å². The number of esters is 1. The van der Waals surface area contributed by atoms with E-state index in [-0.39, 0.29) is 12.5 Å². The van der Waals surface area contributed by atoms with Gasteiger partial charge in [0.1, 0.15) is 17.1 Å². The second kappa shape index (κ2) is 7.13. The fourth-order valence-corrected chi connectivity index (χ4v) is 2.42. The molecule has 23 heavy (non-hydrogen) atoms. The lowest BCUT2D eigenvalue weighted by molar-refractivity contribution is -0.119. The first-order valence-electron chi connectivity index (χ1n) is 7.54. The van der Waals surface area contributed by atoms with Crippen LogP contribution >= 0.6 is 0 Å². The smallest absolute Gasteiger partial charge is 0.342 e. The molecule has 0 fully saturated rings. The Hall–Kier alpha value is -2.56. The number of rotatable bonds is 5. The number of ether oxygens (including phenoxy) is 1. The van der Waals surface area contributed by atoms with Crippen molar-refractivity contribution in [1.82, 2.24) is 0 Å². The van der Waals surface area contributed by atoms with Gasteiger partial charge in [0.05, 0.1) is 0 Å². The van der Waals surface area contributed by atoms with Gasteiger partial charge in [-0.2, -0.15) is 0 Å². The first kappa shape index (κ1) is 16.8. The summed E-state index contributed by atoms with van der Waals surface area (Å²) in [6.45, 7) is 7.05. The van der Waals surface area contributed by atoms with Crippen LogP contribution in [0.25, 0.3) is 0 Å². The molecule has 1 N–H and O–H groups in total. The highest BCUT2D eigenvalue weighted by Crippen LogP contribution is 2.21. The zero-order valence-corrected chi connectivity index (χ0v) is 13.9. The Balaban J connectivity index is 1.98. The van der Waals surface area contributed by atoms with Gasteiger partial charge < -0.3 is 14.5 Å². The Bertz CT molecular complexity index is 731. The summed E-state index contributed by atoms with van der Waals surface area (Å²) in [5.74, 6) is 0.196. The number of anilines is 1. The predicted octanol–water partition coefficient (Wildman–Crippen LogP) is 3.56. The first-order valence-corrected chi connectivity index (χ1v) is 7.54. The number of amides is 1. The van der Waals surface area contributed by atoms with Crippen molar-refractivity contribution in [2.45, 2.75) is 34.1 Å². The first-order chi connectivity index (χ1) is 10.9. The molecule has 5 heteroatoms. The van der Waals surface area contributed by atoms with Gasteiger partial charge in [0, 0.05) is 5.69 Å². The van der Waals surface area contributed by atoms with Gasteiger partial charge in [0.25, 0.3) is 5.91 Å². The SMILES string of the molecule is CCc1cccc(C)c1NC(=O)COC(=O)c1cc(C)oc1C. The molecule has 0 bridgehead atoms. The van der Waals surface area contributed by atoms with Crippen LogP contribution in [0.5, 0.6) is 0 Å². The molecule has 2 aromatic rings. The Morgan fingerprint density at radius 2 is 1.96 bits per heavy atom. The van der Waals surface area contributed by atoms with Gasteiger partial charge in [-0.05, 0) is 44.4 Å². The average molecular weight is 315 g/mol. The van der Waals surface area contributed by atoms with Crippen molar-refractivity contribution in [3.8, 4) is 0 Å². The van der Waals surface area contributed by atoms with Crippen molar-refractivity contribution in [2.24, 2.45) is 0 Å². The van der Waals surface area contributed by atoms with Crippen LogP contribution in [0.15, 0.2) is 28.7 Å². The number of hydrogen-bond donors (Lipinski definition) is 1. The number of carbonyl (C=O) groups is 2. The molecule has 1 amide bonds. The maximum absolute atomic E-state index is 12.0. The number of carbonyl (C=O) groups excluding carboxylic acids is 2. The molecule has 0 saturated carbocycles. The minimum atomic E-state index is -0.560. The highest BCUT2D eigenvalue weighted by Gasteiger charge is 2.17. The molecule has 2 rings (SSSR count). The minimum absolute atomic E-state index is 0.333. The Kier molecular flexibility index (Phi) is 5.21. The molecule has 122 valence electrons. The number of aryl methyl sites for hydroxylation is 4. The molecule has 0 spiro atoms. The highest BCUT2D eigenvalue weighted by molar-refractivity contribution is 5.96. The van der Waals surface area contributed by atoms with Crippen molar-refractivity contribution in [2.75, 3.05) is 11.9 Å². The van der Waals surface area contributed by atoms with Gasteiger partial charge in [0.15, 0.2) is 6.61 Å². The topological polar surface area (TPSA) is 68.5 Å². The van der Waals surface area contributed by atoms with Crippen molar-refractivity contribution >= 4 is 17.6 Å². The number of furan rings is 1. The molecule has 1 aromatic carbocycles. The number of hydrogen-bond acceptors (Lipinski definition) is 4. The molecule has 0 aliphatic heterocycles. The van der Waals surface area contributed by atoms with Crippen LogP contribution in [0.4, 0.5) is 5.69 Å². The Morgan fingerprint density at radius 3 is 2.57 bits per heavy atom. The molecular formula is C18H21NO4. The second-order valence-electron chi connectivity index (χ2n) is 5.41. The largest absolute Gasteiger partial charge is 0.466 e. The molecular weight excluding hydrogens is 294 g/mol. The number of benzene rings is 1. The third-order valence-electron chi connectivity index (χ3n) is 3.60. The normalized spacial score (nSPS) is 10.4. The quantitative estimate of drug-likeness (QED) is 0.857. The lowest BCUT2D eigenvalue weighted by Crippen LogP contribution is -2.22. The standard InChI is InChI=1S/C18H21NO4/c1-5-14-8-6-7-11(2)17(14)19-16(20)10-22-18(21)15-9-12(3)23-13(15)4/h6-9H,5,10H2,1-4H3,(H,19,20). The lowest BCUT2D eigenvalue weighted by atomic mass is 10.1. The molecule has 0 unspecified atom stereocenters. The molecule has 0 atom stereocenters. The van der Waals surface area contributed by atoms with E-state index >= 15 is 0 Å². The van der Waals surface area contributed by atoms with Crippen LogP contribution in [0.2, 0.25) is 0 Å². The third kappa shape index (κ3) is 4.00. The molecule has 0 saturated heterocycles. The van der Waals surface area contributed by atoms with Crippen LogP contribution in [-0.2, 0) is 16.0 Å². The van der Waals surface area contributed by atoms with Gasteiger partial charge in [0.2, 0.25) is 0 Å². The van der Waals surface area contributed by atoms with Gasteiger partial charge >= 0.3 is 5.97 Å². The van der Waals surface area contributed by atoms with Crippen molar-refractivity contribution < 1.29 is 18.7 Å². The van der Waals surface area contributed by atoms with Crippen LogP contribution < -0.4 is 5.32 Å². The number of nitrogens with one attached hydrogen (secondary N) is 1. The molecule has 0 aliphatic rings. The summed E-state index contributed by atoms with van der Waals surface area (Å²) in [6, 6.07) is 7.45. The summed E-state index contributed by atoms with van der Waals surface area (Å²) >= 11 is 0. The van der Waals surface area contributed by atoms with Gasteiger partial charge in [-0.3, -0.25) is 4.79 Å². The Morgan fingerprint density at radius 1 is 1.22 bits per heavy atom. The summed E-state index contributed by atoms with van der Waals surface area (Å²) in [5.41, 5.74) is 3.16. The summed E-state index contributed by atoms with van der Waals surface area (Å²) in [6.07, 6.45) is 0.810. The Labute approximate surface area is 135 Å². The molecule has 1 heterocycles. The molecule has 1 aromatic heterocycles. The van der Waals surface area contributed by atoms with E-state index in [0.29, 0.717) is 17.1 Å². The van der Waals surface area contributed by atoms with E-state index in [2.05, 4.69) is 5.32 Å². The fraction of sp³-hybridized carbons (Fsp3) is 0.333. The van der Waals surface area contributed by atoms with E-state index in [4.69, 9.17) is 9.15 Å². The number of para-hydroxylation sites is 1. The van der Waals surface area contributed by atoms with E-state index < -0.39 is 5.97 Å². The maximum atomic E-state index is 12.0. The van der Waals surface area contributed by atoms with Crippen LogP contribution in [0.1, 0.15) is 39.9 Å². The van der Waals surface area contributed by atoms with Crippen molar-refractivity contribution in [3.05, 3.63) is 52.5 Å². The zero-order chi connectivity index (χ0) is 17.0. The molecule has 5 nitrogen and oxygen atoms in total. The van der Waals surface area contributed by atoms with E-state index in [1.807, 2.05) is 32.0 Å². The van der Waals surface area contributed by atoms with Gasteiger partial charge in [-0.25, -0.2) is 4.79 Å². The average Bonchev–Trinajstić information content (AvgIpc) is 2.85. The molecule has 0 radical (unpaired) electrons. The van der Waals surface area contributed by atoms with E-state index in [1.54, 1.807) is 19.9 Å². The summed E-state index contributed by atoms with van der Waals surface area (Å²) in [4.78, 5) is 24.0.